The molecule has 5 heteroatoms. The Balaban J connectivity index is 2.69. The van der Waals surface area contributed by atoms with Gasteiger partial charge in [0.1, 0.15) is 0 Å². The van der Waals surface area contributed by atoms with E-state index >= 15 is 0 Å². The van der Waals surface area contributed by atoms with Crippen LogP contribution in [-0.2, 0) is 0 Å². The van der Waals surface area contributed by atoms with Crippen molar-refractivity contribution in [2.24, 2.45) is 0 Å². The molecule has 1 aromatic rings. The highest BCUT2D eigenvalue weighted by molar-refractivity contribution is 5.90. The molecular weight excluding hydrogens is 271 g/mol. The maximum atomic E-state index is 13.5. The van der Waals surface area contributed by atoms with E-state index in [1.165, 1.54) is 19.2 Å². The highest BCUT2D eigenvalue weighted by Gasteiger charge is 2.06. The van der Waals surface area contributed by atoms with Crippen LogP contribution in [0.5, 0.6) is 5.75 Å². The van der Waals surface area contributed by atoms with Crippen molar-refractivity contribution in [3.63, 3.8) is 0 Å². The first-order valence-electron chi connectivity index (χ1n) is 6.37. The fraction of sp³-hybridized carbons (Fsp3) is 0.188. The van der Waals surface area contributed by atoms with Crippen LogP contribution < -0.4 is 15.4 Å². The van der Waals surface area contributed by atoms with Gasteiger partial charge in [0.25, 0.3) is 0 Å². The molecule has 0 saturated heterocycles. The Morgan fingerprint density at radius 3 is 2.62 bits per heavy atom. The van der Waals surface area contributed by atoms with Crippen molar-refractivity contribution in [3.8, 4) is 5.75 Å². The standard InChI is InChI=1S/C16H19FN2O2/c1-5-12(7-6-11(2)3)18-16(20)19-13-8-9-15(21-4)14(17)10-13/h5-10H,2H2,1,3-4H3,(H2,18,19,20)/b7-6-,12-5+. The number of hydrogen-bond acceptors (Lipinski definition) is 2. The van der Waals surface area contributed by atoms with E-state index in [0.29, 0.717) is 11.4 Å². The maximum Gasteiger partial charge on any atom is 0.323 e. The summed E-state index contributed by atoms with van der Waals surface area (Å²) in [7, 11) is 1.38. The number of rotatable bonds is 5. The van der Waals surface area contributed by atoms with Crippen LogP contribution in [0.15, 0.2) is 54.3 Å². The average Bonchev–Trinajstić information content (AvgIpc) is 2.43. The number of benzene rings is 1. The summed E-state index contributed by atoms with van der Waals surface area (Å²) in [5, 5.41) is 5.19. The third-order valence-electron chi connectivity index (χ3n) is 2.53. The van der Waals surface area contributed by atoms with E-state index in [1.54, 1.807) is 31.2 Å². The minimum absolute atomic E-state index is 0.125. The number of hydrogen-bond donors (Lipinski definition) is 2. The highest BCUT2D eigenvalue weighted by atomic mass is 19.1. The van der Waals surface area contributed by atoms with Crippen LogP contribution in [0, 0.1) is 5.82 Å². The number of allylic oxidation sites excluding steroid dienone is 4. The monoisotopic (exact) mass is 290 g/mol. The molecule has 4 nitrogen and oxygen atoms in total. The fourth-order valence-corrected chi connectivity index (χ4v) is 1.48. The lowest BCUT2D eigenvalue weighted by Crippen LogP contribution is -2.27. The molecule has 0 heterocycles. The lowest BCUT2D eigenvalue weighted by Gasteiger charge is -2.09. The molecule has 2 N–H and O–H groups in total. The third-order valence-corrected chi connectivity index (χ3v) is 2.53. The van der Waals surface area contributed by atoms with E-state index in [1.807, 2.05) is 6.92 Å². The molecule has 0 bridgehead atoms. The van der Waals surface area contributed by atoms with Crippen LogP contribution in [0.2, 0.25) is 0 Å². The van der Waals surface area contributed by atoms with Crippen LogP contribution in [0.4, 0.5) is 14.9 Å². The smallest absolute Gasteiger partial charge is 0.323 e. The second-order valence-corrected chi connectivity index (χ2v) is 4.35. The Kier molecular flexibility index (Phi) is 6.20. The van der Waals surface area contributed by atoms with Crippen LogP contribution in [0.25, 0.3) is 0 Å². The topological polar surface area (TPSA) is 50.4 Å². The molecule has 0 aliphatic heterocycles. The zero-order valence-electron chi connectivity index (χ0n) is 12.4. The summed E-state index contributed by atoms with van der Waals surface area (Å²) in [4.78, 5) is 11.8. The van der Waals surface area contributed by atoms with Gasteiger partial charge in [-0.05, 0) is 32.1 Å². The van der Waals surface area contributed by atoms with Crippen LogP contribution in [0.3, 0.4) is 0 Å². The fourth-order valence-electron chi connectivity index (χ4n) is 1.48. The normalized spacial score (nSPS) is 11.3. The van der Waals surface area contributed by atoms with Crippen molar-refractivity contribution in [2.45, 2.75) is 13.8 Å². The number of nitrogens with one attached hydrogen (secondary N) is 2. The zero-order valence-corrected chi connectivity index (χ0v) is 12.4. The molecule has 0 aliphatic carbocycles. The lowest BCUT2D eigenvalue weighted by atomic mass is 10.2. The number of halogens is 1. The molecule has 0 radical (unpaired) electrons. The number of urea groups is 1. The summed E-state index contributed by atoms with van der Waals surface area (Å²) < 4.78 is 18.3. The summed E-state index contributed by atoms with van der Waals surface area (Å²) in [6.07, 6.45) is 5.26. The summed E-state index contributed by atoms with van der Waals surface area (Å²) >= 11 is 0. The predicted octanol–water partition coefficient (Wildman–Crippen LogP) is 3.99. The van der Waals surface area contributed by atoms with Gasteiger partial charge in [0.05, 0.1) is 7.11 Å². The van der Waals surface area contributed by atoms with Crippen molar-refractivity contribution >= 4 is 11.7 Å². The van der Waals surface area contributed by atoms with Crippen molar-refractivity contribution in [1.82, 2.24) is 5.32 Å². The van der Waals surface area contributed by atoms with Gasteiger partial charge >= 0.3 is 6.03 Å². The Labute approximate surface area is 124 Å². The molecule has 0 saturated carbocycles. The minimum atomic E-state index is -0.538. The van der Waals surface area contributed by atoms with Gasteiger partial charge in [-0.25, -0.2) is 9.18 Å². The summed E-state index contributed by atoms with van der Waals surface area (Å²) in [6.45, 7) is 7.39. The Hall–Kier alpha value is -2.56. The van der Waals surface area contributed by atoms with E-state index in [2.05, 4.69) is 17.2 Å². The van der Waals surface area contributed by atoms with Crippen LogP contribution in [-0.4, -0.2) is 13.1 Å². The number of amides is 2. The summed E-state index contributed by atoms with van der Waals surface area (Å²) in [5.74, 6) is -0.414. The van der Waals surface area contributed by atoms with E-state index in [4.69, 9.17) is 4.74 Å². The third kappa shape index (κ3) is 5.52. The van der Waals surface area contributed by atoms with E-state index in [0.717, 1.165) is 5.57 Å². The van der Waals surface area contributed by atoms with E-state index < -0.39 is 11.8 Å². The Morgan fingerprint density at radius 1 is 1.38 bits per heavy atom. The van der Waals surface area contributed by atoms with Crippen molar-refractivity contribution < 1.29 is 13.9 Å². The Morgan fingerprint density at radius 2 is 2.10 bits per heavy atom. The molecule has 0 atom stereocenters. The van der Waals surface area contributed by atoms with Gasteiger partial charge in [0.15, 0.2) is 11.6 Å². The molecule has 1 aromatic carbocycles. The first-order valence-corrected chi connectivity index (χ1v) is 6.37. The maximum absolute atomic E-state index is 13.5. The zero-order chi connectivity index (χ0) is 15.8. The number of carbonyl (C=O) groups excluding carboxylic acids is 1. The van der Waals surface area contributed by atoms with Crippen molar-refractivity contribution in [2.75, 3.05) is 12.4 Å². The second-order valence-electron chi connectivity index (χ2n) is 4.35. The van der Waals surface area contributed by atoms with E-state index in [9.17, 15) is 9.18 Å². The van der Waals surface area contributed by atoms with Crippen LogP contribution in [0.1, 0.15) is 13.8 Å². The average molecular weight is 290 g/mol. The second kappa shape index (κ2) is 7.89. The molecule has 0 unspecified atom stereocenters. The quantitative estimate of drug-likeness (QED) is 0.805. The Bertz CT molecular complexity index is 592. The largest absolute Gasteiger partial charge is 0.494 e. The van der Waals surface area contributed by atoms with Crippen molar-refractivity contribution in [3.05, 3.63) is 60.1 Å². The first kappa shape index (κ1) is 16.5. The van der Waals surface area contributed by atoms with Gasteiger partial charge < -0.3 is 15.4 Å². The summed E-state index contributed by atoms with van der Waals surface area (Å²) in [5.41, 5.74) is 1.82. The molecule has 0 fully saturated rings. The van der Waals surface area contributed by atoms with Gasteiger partial charge in [-0.1, -0.05) is 24.3 Å². The van der Waals surface area contributed by atoms with E-state index in [-0.39, 0.29) is 5.75 Å². The van der Waals surface area contributed by atoms with Gasteiger partial charge in [-0.15, -0.1) is 0 Å². The molecule has 0 spiro atoms. The molecular formula is C16H19FN2O2. The molecule has 1 rings (SSSR count). The molecule has 21 heavy (non-hydrogen) atoms. The predicted molar refractivity (Wildman–Crippen MR) is 82.8 cm³/mol. The number of methoxy groups -OCH3 is 1. The summed E-state index contributed by atoms with van der Waals surface area (Å²) in [6, 6.07) is 3.74. The van der Waals surface area contributed by atoms with Crippen molar-refractivity contribution in [1.29, 1.82) is 0 Å². The van der Waals surface area contributed by atoms with Gasteiger partial charge in [0, 0.05) is 17.5 Å². The molecule has 2 amide bonds. The van der Waals surface area contributed by atoms with Crippen LogP contribution >= 0.6 is 0 Å². The molecule has 112 valence electrons. The van der Waals surface area contributed by atoms with Gasteiger partial charge in [-0.2, -0.15) is 0 Å². The van der Waals surface area contributed by atoms with Gasteiger partial charge in [-0.3, -0.25) is 0 Å². The number of ether oxygens (including phenoxy) is 1. The lowest BCUT2D eigenvalue weighted by molar-refractivity contribution is 0.254. The SMILES string of the molecule is C=C(C)/C=C\C(=C/C)NC(=O)Nc1ccc(OC)c(F)c1. The number of anilines is 1. The highest BCUT2D eigenvalue weighted by Crippen LogP contribution is 2.20. The first-order chi connectivity index (χ1) is 9.96. The van der Waals surface area contributed by atoms with Gasteiger partial charge in [0.2, 0.25) is 0 Å². The molecule has 0 aliphatic rings. The number of carbonyl (C=O) groups is 1. The molecule has 0 aromatic heterocycles. The minimum Gasteiger partial charge on any atom is -0.494 e.